The largest absolute Gasteiger partial charge is 0.496 e. The third-order valence-electron chi connectivity index (χ3n) is 4.22. The number of para-hydroxylation sites is 1. The van der Waals surface area contributed by atoms with Gasteiger partial charge in [0.2, 0.25) is 0 Å². The van der Waals surface area contributed by atoms with Crippen LogP contribution < -0.4 is 10.5 Å². The molecule has 1 heterocycles. The maximum Gasteiger partial charge on any atom is 0.123 e. The molecule has 1 aromatic carbocycles. The van der Waals surface area contributed by atoms with Crippen molar-refractivity contribution in [3.05, 3.63) is 29.8 Å². The Morgan fingerprint density at radius 1 is 1.38 bits per heavy atom. The molecule has 1 aliphatic rings. The monoisotopic (exact) mass is 294 g/mol. The summed E-state index contributed by atoms with van der Waals surface area (Å²) >= 11 is 0. The van der Waals surface area contributed by atoms with Crippen LogP contribution in [0, 0.1) is 0 Å². The number of hydrogen-bond donors (Lipinski definition) is 2. The van der Waals surface area contributed by atoms with E-state index in [-0.39, 0.29) is 6.04 Å². The van der Waals surface area contributed by atoms with E-state index in [1.54, 1.807) is 7.11 Å². The Hall–Kier alpha value is -1.14. The maximum atomic E-state index is 10.7. The second-order valence-electron chi connectivity index (χ2n) is 5.75. The minimum atomic E-state index is -0.692. The third kappa shape index (κ3) is 3.95. The van der Waals surface area contributed by atoms with Crippen LogP contribution in [0.25, 0.3) is 0 Å². The Balaban J connectivity index is 2.12. The summed E-state index contributed by atoms with van der Waals surface area (Å²) in [5.41, 5.74) is 6.34. The van der Waals surface area contributed by atoms with Gasteiger partial charge in [0.05, 0.1) is 18.8 Å². The lowest BCUT2D eigenvalue weighted by molar-refractivity contribution is -0.0813. The second-order valence-corrected chi connectivity index (χ2v) is 5.75. The van der Waals surface area contributed by atoms with Gasteiger partial charge in [0.25, 0.3) is 0 Å². The molecule has 1 atom stereocenters. The number of benzene rings is 1. The van der Waals surface area contributed by atoms with E-state index in [2.05, 4.69) is 4.90 Å². The lowest BCUT2D eigenvalue weighted by Crippen LogP contribution is -2.47. The quantitative estimate of drug-likeness (QED) is 0.824. The van der Waals surface area contributed by atoms with Gasteiger partial charge in [-0.25, -0.2) is 0 Å². The summed E-state index contributed by atoms with van der Waals surface area (Å²) in [4.78, 5) is 2.11. The van der Waals surface area contributed by atoms with Crippen molar-refractivity contribution in [2.24, 2.45) is 5.73 Å². The molecule has 0 saturated carbocycles. The summed E-state index contributed by atoms with van der Waals surface area (Å²) in [6.07, 6.45) is 1.33. The van der Waals surface area contributed by atoms with Crippen LogP contribution >= 0.6 is 0 Å². The summed E-state index contributed by atoms with van der Waals surface area (Å²) in [5, 5.41) is 10.7. The minimum absolute atomic E-state index is 0.0213. The molecule has 2 rings (SSSR count). The van der Waals surface area contributed by atoms with Crippen LogP contribution in [0.1, 0.15) is 24.4 Å². The average molecular weight is 294 g/mol. The first-order valence-corrected chi connectivity index (χ1v) is 7.43. The fraction of sp³-hybridized carbons (Fsp3) is 0.625. The van der Waals surface area contributed by atoms with Gasteiger partial charge in [-0.3, -0.25) is 4.90 Å². The van der Waals surface area contributed by atoms with Crippen molar-refractivity contribution in [3.8, 4) is 5.75 Å². The van der Waals surface area contributed by atoms with E-state index in [1.165, 1.54) is 0 Å². The molecule has 118 valence electrons. The normalized spacial score (nSPS) is 19.5. The number of ether oxygens (including phenoxy) is 2. The summed E-state index contributed by atoms with van der Waals surface area (Å²) < 4.78 is 10.8. The molecule has 0 aliphatic carbocycles. The van der Waals surface area contributed by atoms with Crippen LogP contribution in [0.2, 0.25) is 0 Å². The first-order chi connectivity index (χ1) is 10.1. The van der Waals surface area contributed by atoms with Crippen molar-refractivity contribution in [2.45, 2.75) is 24.5 Å². The molecule has 21 heavy (non-hydrogen) atoms. The fourth-order valence-electron chi connectivity index (χ4n) is 2.97. The van der Waals surface area contributed by atoms with Crippen molar-refractivity contribution in [2.75, 3.05) is 40.5 Å². The van der Waals surface area contributed by atoms with E-state index in [1.807, 2.05) is 31.3 Å². The van der Waals surface area contributed by atoms with E-state index in [0.717, 1.165) is 11.3 Å². The highest BCUT2D eigenvalue weighted by molar-refractivity contribution is 5.36. The molecule has 0 radical (unpaired) electrons. The SMILES string of the molecule is COc1ccccc1C(CN)N(C)CC1(O)CCOCC1. The summed E-state index contributed by atoms with van der Waals surface area (Å²) in [7, 11) is 3.66. The van der Waals surface area contributed by atoms with Gasteiger partial charge in [-0.2, -0.15) is 0 Å². The molecule has 1 fully saturated rings. The fourth-order valence-corrected chi connectivity index (χ4v) is 2.97. The van der Waals surface area contributed by atoms with Gasteiger partial charge in [-0.05, 0) is 13.1 Å². The molecule has 0 bridgehead atoms. The zero-order valence-electron chi connectivity index (χ0n) is 12.9. The second kappa shape index (κ2) is 7.22. The molecular formula is C16H26N2O3. The van der Waals surface area contributed by atoms with Crippen LogP contribution in [-0.4, -0.2) is 56.1 Å². The number of nitrogens with two attached hydrogens (primary N) is 1. The Kier molecular flexibility index (Phi) is 5.58. The van der Waals surface area contributed by atoms with Crippen LogP contribution in [0.3, 0.4) is 0 Å². The number of aliphatic hydroxyl groups is 1. The van der Waals surface area contributed by atoms with Gasteiger partial charge in [-0.1, -0.05) is 18.2 Å². The van der Waals surface area contributed by atoms with E-state index in [9.17, 15) is 5.11 Å². The van der Waals surface area contributed by atoms with Gasteiger partial charge in [0.15, 0.2) is 0 Å². The predicted octanol–water partition coefficient (Wildman–Crippen LogP) is 1.17. The van der Waals surface area contributed by atoms with Crippen LogP contribution in [0.4, 0.5) is 0 Å². The van der Waals surface area contributed by atoms with Gasteiger partial charge in [0.1, 0.15) is 5.75 Å². The highest BCUT2D eigenvalue weighted by Crippen LogP contribution is 2.30. The average Bonchev–Trinajstić information content (AvgIpc) is 2.48. The molecule has 3 N–H and O–H groups in total. The lowest BCUT2D eigenvalue weighted by atomic mass is 9.92. The molecule has 5 heteroatoms. The molecule has 0 aromatic heterocycles. The molecular weight excluding hydrogens is 268 g/mol. The van der Waals surface area contributed by atoms with Crippen LogP contribution in [0.5, 0.6) is 5.75 Å². The van der Waals surface area contributed by atoms with Gasteiger partial charge >= 0.3 is 0 Å². The summed E-state index contributed by atoms with van der Waals surface area (Å²) in [6.45, 7) is 2.29. The summed E-state index contributed by atoms with van der Waals surface area (Å²) in [5.74, 6) is 0.832. The van der Waals surface area contributed by atoms with Gasteiger partial charge in [-0.15, -0.1) is 0 Å². The highest BCUT2D eigenvalue weighted by Gasteiger charge is 2.33. The first kappa shape index (κ1) is 16.2. The van der Waals surface area contributed by atoms with Crippen molar-refractivity contribution in [3.63, 3.8) is 0 Å². The molecule has 1 saturated heterocycles. The van der Waals surface area contributed by atoms with Crippen molar-refractivity contribution in [1.29, 1.82) is 0 Å². The molecule has 1 unspecified atom stereocenters. The minimum Gasteiger partial charge on any atom is -0.496 e. The Labute approximate surface area is 126 Å². The number of hydrogen-bond acceptors (Lipinski definition) is 5. The van der Waals surface area contributed by atoms with E-state index < -0.39 is 5.60 Å². The predicted molar refractivity (Wildman–Crippen MR) is 82.4 cm³/mol. The van der Waals surface area contributed by atoms with Crippen LogP contribution in [-0.2, 0) is 4.74 Å². The third-order valence-corrected chi connectivity index (χ3v) is 4.22. The van der Waals surface area contributed by atoms with Crippen molar-refractivity contribution < 1.29 is 14.6 Å². The number of nitrogens with zero attached hydrogens (tertiary/aromatic N) is 1. The standard InChI is InChI=1S/C16H26N2O3/c1-18(12-16(19)7-9-21-10-8-16)14(11-17)13-5-3-4-6-15(13)20-2/h3-6,14,19H,7-12,17H2,1-2H3. The van der Waals surface area contributed by atoms with E-state index in [4.69, 9.17) is 15.2 Å². The summed E-state index contributed by atoms with van der Waals surface area (Å²) in [6, 6.07) is 7.92. The topological polar surface area (TPSA) is 68.0 Å². The van der Waals surface area contributed by atoms with Gasteiger partial charge < -0.3 is 20.3 Å². The zero-order chi connectivity index (χ0) is 15.3. The number of likely N-dealkylation sites (N-methyl/N-ethyl adjacent to an activating group) is 1. The van der Waals surface area contributed by atoms with Gasteiger partial charge in [0, 0.05) is 44.7 Å². The smallest absolute Gasteiger partial charge is 0.123 e. The Morgan fingerprint density at radius 3 is 2.67 bits per heavy atom. The Bertz CT molecular complexity index is 447. The maximum absolute atomic E-state index is 10.7. The highest BCUT2D eigenvalue weighted by atomic mass is 16.5. The van der Waals surface area contributed by atoms with E-state index in [0.29, 0.717) is 39.1 Å². The Morgan fingerprint density at radius 2 is 2.05 bits per heavy atom. The number of methoxy groups -OCH3 is 1. The molecule has 1 aromatic rings. The van der Waals surface area contributed by atoms with E-state index >= 15 is 0 Å². The molecule has 1 aliphatic heterocycles. The lowest BCUT2D eigenvalue weighted by Gasteiger charge is -2.38. The zero-order valence-corrected chi connectivity index (χ0v) is 12.9. The molecule has 0 amide bonds. The number of rotatable bonds is 6. The first-order valence-electron chi connectivity index (χ1n) is 7.43. The van der Waals surface area contributed by atoms with Crippen LogP contribution in [0.15, 0.2) is 24.3 Å². The van der Waals surface area contributed by atoms with Crippen molar-refractivity contribution >= 4 is 0 Å². The molecule has 5 nitrogen and oxygen atoms in total. The van der Waals surface area contributed by atoms with Crippen molar-refractivity contribution in [1.82, 2.24) is 4.90 Å². The molecule has 0 spiro atoms.